The van der Waals surface area contributed by atoms with E-state index in [1.807, 2.05) is 6.92 Å². The molecule has 0 aliphatic heterocycles. The fourth-order valence-corrected chi connectivity index (χ4v) is 1.81. The minimum atomic E-state index is -4.72. The third kappa shape index (κ3) is 7.72. The molecule has 0 heterocycles. The van der Waals surface area contributed by atoms with Crippen molar-refractivity contribution in [3.63, 3.8) is 0 Å². The summed E-state index contributed by atoms with van der Waals surface area (Å²) in [6.45, 7) is 3.16. The largest absolute Gasteiger partial charge is 0.573 e. The lowest BCUT2D eigenvalue weighted by Gasteiger charge is -2.19. The number of carbonyl (C=O) groups is 1. The number of carboxylic acids is 1. The van der Waals surface area contributed by atoms with Crippen LogP contribution in [0.4, 0.5) is 13.2 Å². The Kier molecular flexibility index (Phi) is 6.97. The standard InChI is InChI=1S/C14H18F3NO4/c1-2-7-18(10-13(19)20)8-9-21-11-3-5-12(6-4-11)22-14(15,16)17/h3-6H,2,7-10H2,1H3,(H,19,20). The lowest BCUT2D eigenvalue weighted by atomic mass is 10.3. The van der Waals surface area contributed by atoms with Gasteiger partial charge in [0.2, 0.25) is 0 Å². The van der Waals surface area contributed by atoms with Crippen LogP contribution in [0.25, 0.3) is 0 Å². The van der Waals surface area contributed by atoms with Crippen LogP contribution in [-0.4, -0.2) is 48.6 Å². The van der Waals surface area contributed by atoms with Gasteiger partial charge in [0, 0.05) is 6.54 Å². The zero-order chi connectivity index (χ0) is 16.6. The highest BCUT2D eigenvalue weighted by Gasteiger charge is 2.30. The first kappa shape index (κ1) is 18.1. The molecule has 1 aromatic rings. The molecule has 5 nitrogen and oxygen atoms in total. The maximum Gasteiger partial charge on any atom is 0.573 e. The molecule has 0 unspecified atom stereocenters. The number of alkyl halides is 3. The topological polar surface area (TPSA) is 59.0 Å². The minimum absolute atomic E-state index is 0.0738. The number of ether oxygens (including phenoxy) is 2. The van der Waals surface area contributed by atoms with E-state index in [0.29, 0.717) is 18.8 Å². The summed E-state index contributed by atoms with van der Waals surface area (Å²) < 4.78 is 45.1. The lowest BCUT2D eigenvalue weighted by molar-refractivity contribution is -0.274. The molecule has 8 heteroatoms. The van der Waals surface area contributed by atoms with Crippen LogP contribution in [0.1, 0.15) is 13.3 Å². The monoisotopic (exact) mass is 321 g/mol. The number of carboxylic acid groups (broad SMARTS) is 1. The number of hydrogen-bond donors (Lipinski definition) is 1. The van der Waals surface area contributed by atoms with Gasteiger partial charge in [-0.2, -0.15) is 0 Å². The van der Waals surface area contributed by atoms with Gasteiger partial charge in [-0.1, -0.05) is 6.92 Å². The van der Waals surface area contributed by atoms with Crippen LogP contribution in [0.5, 0.6) is 11.5 Å². The van der Waals surface area contributed by atoms with E-state index in [9.17, 15) is 18.0 Å². The zero-order valence-corrected chi connectivity index (χ0v) is 12.1. The fourth-order valence-electron chi connectivity index (χ4n) is 1.81. The van der Waals surface area contributed by atoms with Crippen molar-refractivity contribution in [3.05, 3.63) is 24.3 Å². The van der Waals surface area contributed by atoms with Gasteiger partial charge in [-0.3, -0.25) is 9.69 Å². The van der Waals surface area contributed by atoms with Crippen molar-refractivity contribution in [1.82, 2.24) is 4.90 Å². The highest BCUT2D eigenvalue weighted by molar-refractivity contribution is 5.69. The fraction of sp³-hybridized carbons (Fsp3) is 0.500. The molecule has 0 aliphatic rings. The van der Waals surface area contributed by atoms with E-state index in [4.69, 9.17) is 9.84 Å². The van der Waals surface area contributed by atoms with Gasteiger partial charge < -0.3 is 14.6 Å². The smallest absolute Gasteiger partial charge is 0.492 e. The van der Waals surface area contributed by atoms with Crippen LogP contribution < -0.4 is 9.47 Å². The van der Waals surface area contributed by atoms with E-state index in [2.05, 4.69) is 4.74 Å². The van der Waals surface area contributed by atoms with Gasteiger partial charge in [-0.05, 0) is 37.2 Å². The Morgan fingerprint density at radius 2 is 1.77 bits per heavy atom. The molecule has 0 spiro atoms. The first-order chi connectivity index (χ1) is 10.3. The summed E-state index contributed by atoms with van der Waals surface area (Å²) in [6, 6.07) is 5.04. The third-order valence-corrected chi connectivity index (χ3v) is 2.63. The molecule has 1 aromatic carbocycles. The summed E-state index contributed by atoms with van der Waals surface area (Å²) in [4.78, 5) is 12.4. The van der Waals surface area contributed by atoms with Crippen LogP contribution in [0.15, 0.2) is 24.3 Å². The molecular weight excluding hydrogens is 303 g/mol. The molecule has 0 aliphatic carbocycles. The van der Waals surface area contributed by atoms with Crippen LogP contribution in [-0.2, 0) is 4.79 Å². The van der Waals surface area contributed by atoms with E-state index in [0.717, 1.165) is 18.6 Å². The number of aliphatic carboxylic acids is 1. The molecule has 22 heavy (non-hydrogen) atoms. The quantitative estimate of drug-likeness (QED) is 0.758. The van der Waals surface area contributed by atoms with Gasteiger partial charge in [-0.15, -0.1) is 13.2 Å². The summed E-state index contributed by atoms with van der Waals surface area (Å²) in [6.07, 6.45) is -3.91. The van der Waals surface area contributed by atoms with E-state index in [-0.39, 0.29) is 18.9 Å². The average Bonchev–Trinajstić information content (AvgIpc) is 2.38. The maximum absolute atomic E-state index is 12.0. The zero-order valence-electron chi connectivity index (χ0n) is 12.1. The molecule has 0 saturated carbocycles. The van der Waals surface area contributed by atoms with Crippen molar-refractivity contribution in [2.24, 2.45) is 0 Å². The molecule has 0 bridgehead atoms. The summed E-state index contributed by atoms with van der Waals surface area (Å²) in [7, 11) is 0. The third-order valence-electron chi connectivity index (χ3n) is 2.63. The molecular formula is C14H18F3NO4. The molecule has 0 saturated heterocycles. The van der Waals surface area contributed by atoms with E-state index >= 15 is 0 Å². The molecule has 1 rings (SSSR count). The Balaban J connectivity index is 2.42. The second-order valence-electron chi connectivity index (χ2n) is 4.54. The van der Waals surface area contributed by atoms with Gasteiger partial charge in [0.1, 0.15) is 18.1 Å². The summed E-state index contributed by atoms with van der Waals surface area (Å²) in [5.74, 6) is -0.846. The second kappa shape index (κ2) is 8.47. The molecule has 124 valence electrons. The molecule has 0 radical (unpaired) electrons. The van der Waals surface area contributed by atoms with Crippen molar-refractivity contribution in [2.75, 3.05) is 26.2 Å². The Morgan fingerprint density at radius 3 is 2.27 bits per heavy atom. The van der Waals surface area contributed by atoms with Crippen molar-refractivity contribution in [1.29, 1.82) is 0 Å². The van der Waals surface area contributed by atoms with Crippen molar-refractivity contribution >= 4 is 5.97 Å². The maximum atomic E-state index is 12.0. The van der Waals surface area contributed by atoms with Crippen LogP contribution in [0.2, 0.25) is 0 Å². The van der Waals surface area contributed by atoms with Gasteiger partial charge in [0.05, 0.1) is 6.54 Å². The van der Waals surface area contributed by atoms with Crippen LogP contribution in [0.3, 0.4) is 0 Å². The van der Waals surface area contributed by atoms with E-state index < -0.39 is 12.3 Å². The lowest BCUT2D eigenvalue weighted by Crippen LogP contribution is -2.34. The average molecular weight is 321 g/mol. The molecule has 0 amide bonds. The molecule has 0 atom stereocenters. The first-order valence-corrected chi connectivity index (χ1v) is 6.73. The Labute approximate surface area is 126 Å². The summed E-state index contributed by atoms with van der Waals surface area (Å²) in [5, 5.41) is 8.76. The minimum Gasteiger partial charge on any atom is -0.492 e. The van der Waals surface area contributed by atoms with Crippen molar-refractivity contribution < 1.29 is 32.5 Å². The molecule has 0 fully saturated rings. The number of hydrogen-bond acceptors (Lipinski definition) is 4. The highest BCUT2D eigenvalue weighted by atomic mass is 19.4. The normalized spacial score (nSPS) is 11.5. The Bertz CT molecular complexity index is 462. The first-order valence-electron chi connectivity index (χ1n) is 6.73. The number of halogens is 3. The highest BCUT2D eigenvalue weighted by Crippen LogP contribution is 2.24. The van der Waals surface area contributed by atoms with Gasteiger partial charge in [0.15, 0.2) is 0 Å². The number of rotatable bonds is 9. The van der Waals surface area contributed by atoms with Gasteiger partial charge >= 0.3 is 12.3 Å². The Hall–Kier alpha value is -1.96. The summed E-state index contributed by atoms with van der Waals surface area (Å²) in [5.41, 5.74) is 0. The van der Waals surface area contributed by atoms with E-state index in [1.54, 1.807) is 4.90 Å². The van der Waals surface area contributed by atoms with Crippen LogP contribution >= 0.6 is 0 Å². The predicted molar refractivity (Wildman–Crippen MR) is 73.0 cm³/mol. The Morgan fingerprint density at radius 1 is 1.18 bits per heavy atom. The van der Waals surface area contributed by atoms with Crippen LogP contribution in [0, 0.1) is 0 Å². The molecule has 0 aromatic heterocycles. The van der Waals surface area contributed by atoms with Crippen molar-refractivity contribution in [2.45, 2.75) is 19.7 Å². The summed E-state index contributed by atoms with van der Waals surface area (Å²) >= 11 is 0. The van der Waals surface area contributed by atoms with Gasteiger partial charge in [-0.25, -0.2) is 0 Å². The van der Waals surface area contributed by atoms with Crippen molar-refractivity contribution in [3.8, 4) is 11.5 Å². The SMILES string of the molecule is CCCN(CCOc1ccc(OC(F)(F)F)cc1)CC(=O)O. The number of nitrogens with zero attached hydrogens (tertiary/aromatic N) is 1. The second-order valence-corrected chi connectivity index (χ2v) is 4.54. The predicted octanol–water partition coefficient (Wildman–Crippen LogP) is 2.76. The number of benzene rings is 1. The molecule has 1 N–H and O–H groups in total. The van der Waals surface area contributed by atoms with E-state index in [1.165, 1.54) is 12.1 Å². The van der Waals surface area contributed by atoms with Gasteiger partial charge in [0.25, 0.3) is 0 Å².